The van der Waals surface area contributed by atoms with Gasteiger partial charge in [0.2, 0.25) is 5.78 Å². The van der Waals surface area contributed by atoms with Gasteiger partial charge in [0.15, 0.2) is 11.4 Å². The van der Waals surface area contributed by atoms with Crippen LogP contribution in [0.4, 0.5) is 4.39 Å². The molecule has 1 aromatic rings. The number of primary amides is 1. The van der Waals surface area contributed by atoms with Gasteiger partial charge in [0.1, 0.15) is 28.7 Å². The number of carbonyl (C=O) groups is 3. The summed E-state index contributed by atoms with van der Waals surface area (Å²) >= 11 is 0. The van der Waals surface area contributed by atoms with E-state index in [1.165, 1.54) is 6.07 Å². The summed E-state index contributed by atoms with van der Waals surface area (Å²) in [5.74, 6) is -7.83. The number of phenolic OH excluding ortho intramolecular Hbond substituents is 1. The number of aliphatic hydroxyl groups excluding tert-OH is 2. The molecule has 174 valence electrons. The lowest BCUT2D eigenvalue weighted by Crippen LogP contribution is -2.58. The molecule has 2 fully saturated rings. The van der Waals surface area contributed by atoms with Crippen molar-refractivity contribution in [2.24, 2.45) is 17.6 Å². The topological polar surface area (TPSA) is 170 Å². The first-order chi connectivity index (χ1) is 15.6. The van der Waals surface area contributed by atoms with Crippen LogP contribution in [-0.4, -0.2) is 50.0 Å². The molecule has 1 aromatic carbocycles. The summed E-state index contributed by atoms with van der Waals surface area (Å²) in [6.07, 6.45) is 1.05. The highest BCUT2D eigenvalue weighted by Gasteiger charge is 2.60. The molecule has 10 heteroatoms. The lowest BCUT2D eigenvalue weighted by Gasteiger charge is -2.46. The molecule has 0 bridgehead atoms. The van der Waals surface area contributed by atoms with E-state index in [1.807, 2.05) is 0 Å². The first kappa shape index (κ1) is 21.6. The highest BCUT2D eigenvalue weighted by Crippen LogP contribution is 2.52. The number of carbonyl (C=O) groups excluding carboxylic acids is 3. The maximum Gasteiger partial charge on any atom is 0.255 e. The zero-order chi connectivity index (χ0) is 23.8. The molecule has 1 saturated carbocycles. The Kier molecular flexibility index (Phi) is 4.67. The predicted molar refractivity (Wildman–Crippen MR) is 111 cm³/mol. The molecule has 1 aliphatic heterocycles. The van der Waals surface area contributed by atoms with Gasteiger partial charge in [0.25, 0.3) is 5.91 Å². The number of phenols is 1. The SMILES string of the molecule is NC(=O)C1=C(O)[C@@]2(O)C(=O)C3=C(O)c4c(O)cc(C5CCCN5)c(F)c4CC3C[C@H]2CC1=O. The smallest absolute Gasteiger partial charge is 0.255 e. The first-order valence-corrected chi connectivity index (χ1v) is 10.8. The maximum atomic E-state index is 15.5. The van der Waals surface area contributed by atoms with E-state index in [1.54, 1.807) is 0 Å². The monoisotopic (exact) mass is 458 g/mol. The summed E-state index contributed by atoms with van der Waals surface area (Å²) in [5, 5.41) is 46.5. The summed E-state index contributed by atoms with van der Waals surface area (Å²) in [7, 11) is 0. The van der Waals surface area contributed by atoms with Crippen LogP contribution >= 0.6 is 0 Å². The average molecular weight is 458 g/mol. The van der Waals surface area contributed by atoms with E-state index in [0.717, 1.165) is 6.42 Å². The number of amides is 1. The van der Waals surface area contributed by atoms with E-state index in [0.29, 0.717) is 13.0 Å². The lowest BCUT2D eigenvalue weighted by molar-refractivity contribution is -0.147. The Balaban J connectivity index is 1.67. The van der Waals surface area contributed by atoms with Gasteiger partial charge in [0.05, 0.1) is 5.56 Å². The Morgan fingerprint density at radius 2 is 1.94 bits per heavy atom. The quantitative estimate of drug-likeness (QED) is 0.356. The minimum Gasteiger partial charge on any atom is -0.508 e. The molecule has 9 nitrogen and oxygen atoms in total. The van der Waals surface area contributed by atoms with Gasteiger partial charge in [-0.25, -0.2) is 4.39 Å². The third kappa shape index (κ3) is 2.80. The van der Waals surface area contributed by atoms with Crippen LogP contribution in [0.2, 0.25) is 0 Å². The molecule has 7 N–H and O–H groups in total. The highest BCUT2D eigenvalue weighted by molar-refractivity contribution is 6.22. The van der Waals surface area contributed by atoms with Gasteiger partial charge >= 0.3 is 0 Å². The number of aromatic hydroxyl groups is 1. The molecule has 1 saturated heterocycles. The highest BCUT2D eigenvalue weighted by atomic mass is 19.1. The molecular weight excluding hydrogens is 435 g/mol. The number of hydrogen-bond acceptors (Lipinski definition) is 8. The van der Waals surface area contributed by atoms with Gasteiger partial charge in [-0.2, -0.15) is 0 Å². The van der Waals surface area contributed by atoms with Crippen LogP contribution in [0.1, 0.15) is 48.4 Å². The molecule has 1 amide bonds. The number of Topliss-reactive ketones (excluding diaryl/α,β-unsaturated/α-hetero) is 2. The molecule has 0 aromatic heterocycles. The number of nitrogens with one attached hydrogen (secondary N) is 1. The summed E-state index contributed by atoms with van der Waals surface area (Å²) in [6, 6.07) is 0.943. The normalized spacial score (nSPS) is 31.4. The standard InChI is InChI=1S/C23H23FN2O7/c24-18-10(12-2-1-3-26-12)7-14(28)16-11(18)5-8-4-9-6-13(27)17(22(25)32)21(31)23(9,33)20(30)15(8)19(16)29/h7-9,12,26,28-29,31,33H,1-6H2,(H2,25,32)/t8?,9-,12?,23-/m0/s1. The fourth-order valence-electron chi connectivity index (χ4n) is 5.89. The minimum atomic E-state index is -2.63. The summed E-state index contributed by atoms with van der Waals surface area (Å²) in [6.45, 7) is 0.715. The van der Waals surface area contributed by atoms with Gasteiger partial charge in [-0.05, 0) is 44.2 Å². The first-order valence-electron chi connectivity index (χ1n) is 10.8. The van der Waals surface area contributed by atoms with Crippen molar-refractivity contribution < 1.29 is 39.2 Å². The van der Waals surface area contributed by atoms with Gasteiger partial charge in [-0.3, -0.25) is 14.4 Å². The van der Waals surface area contributed by atoms with Crippen LogP contribution in [0.5, 0.6) is 5.75 Å². The fraction of sp³-hybridized carbons (Fsp3) is 0.435. The average Bonchev–Trinajstić information content (AvgIpc) is 3.27. The van der Waals surface area contributed by atoms with Crippen LogP contribution in [0.25, 0.3) is 5.76 Å². The molecule has 4 aliphatic rings. The van der Waals surface area contributed by atoms with Crippen LogP contribution in [0.3, 0.4) is 0 Å². The Bertz CT molecular complexity index is 1200. The molecule has 0 spiro atoms. The van der Waals surface area contributed by atoms with Crippen molar-refractivity contribution in [2.75, 3.05) is 6.54 Å². The number of aliphatic hydroxyl groups is 3. The number of halogens is 1. The number of benzene rings is 1. The van der Waals surface area contributed by atoms with Crippen molar-refractivity contribution in [1.82, 2.24) is 5.32 Å². The van der Waals surface area contributed by atoms with Gasteiger partial charge in [-0.1, -0.05) is 0 Å². The second-order valence-electron chi connectivity index (χ2n) is 9.21. The molecule has 0 radical (unpaired) electrons. The molecule has 33 heavy (non-hydrogen) atoms. The summed E-state index contributed by atoms with van der Waals surface area (Å²) < 4.78 is 15.5. The summed E-state index contributed by atoms with van der Waals surface area (Å²) in [4.78, 5) is 37.4. The third-order valence-electron chi connectivity index (χ3n) is 7.46. The van der Waals surface area contributed by atoms with Crippen LogP contribution in [-0.2, 0) is 20.8 Å². The number of ketones is 2. The zero-order valence-electron chi connectivity index (χ0n) is 17.5. The second kappa shape index (κ2) is 7.13. The molecular formula is C23H23FN2O7. The maximum absolute atomic E-state index is 15.5. The van der Waals surface area contributed by atoms with E-state index < -0.39 is 70.0 Å². The van der Waals surface area contributed by atoms with Crippen molar-refractivity contribution in [3.8, 4) is 5.75 Å². The van der Waals surface area contributed by atoms with Crippen LogP contribution < -0.4 is 11.1 Å². The molecule has 3 aliphatic carbocycles. The lowest BCUT2D eigenvalue weighted by atomic mass is 9.59. The van der Waals surface area contributed by atoms with E-state index in [-0.39, 0.29) is 41.1 Å². The van der Waals surface area contributed by atoms with Crippen molar-refractivity contribution in [3.05, 3.63) is 45.5 Å². The number of nitrogens with two attached hydrogens (primary N) is 1. The van der Waals surface area contributed by atoms with Gasteiger partial charge in [0, 0.05) is 35.1 Å². The van der Waals surface area contributed by atoms with Crippen molar-refractivity contribution >= 4 is 23.2 Å². The Labute approximate surface area is 187 Å². The van der Waals surface area contributed by atoms with Crippen molar-refractivity contribution in [2.45, 2.75) is 43.7 Å². The largest absolute Gasteiger partial charge is 0.508 e. The number of hydrogen-bond donors (Lipinski definition) is 6. The minimum absolute atomic E-state index is 0.0327. The van der Waals surface area contributed by atoms with Gasteiger partial charge in [-0.15, -0.1) is 0 Å². The van der Waals surface area contributed by atoms with Gasteiger partial charge < -0.3 is 31.5 Å². The fourth-order valence-corrected chi connectivity index (χ4v) is 5.89. The molecule has 5 rings (SSSR count). The zero-order valence-corrected chi connectivity index (χ0v) is 17.5. The number of fused-ring (bicyclic) bond motifs is 3. The van der Waals surface area contributed by atoms with E-state index in [9.17, 15) is 34.8 Å². The van der Waals surface area contributed by atoms with Crippen molar-refractivity contribution in [1.29, 1.82) is 0 Å². The molecule has 1 heterocycles. The van der Waals surface area contributed by atoms with E-state index in [4.69, 9.17) is 5.73 Å². The Morgan fingerprint density at radius 3 is 2.58 bits per heavy atom. The molecule has 4 atom stereocenters. The Morgan fingerprint density at radius 1 is 1.21 bits per heavy atom. The third-order valence-corrected chi connectivity index (χ3v) is 7.46. The van der Waals surface area contributed by atoms with E-state index >= 15 is 4.39 Å². The van der Waals surface area contributed by atoms with Crippen LogP contribution in [0.15, 0.2) is 23.0 Å². The number of rotatable bonds is 2. The van der Waals surface area contributed by atoms with Crippen molar-refractivity contribution in [3.63, 3.8) is 0 Å². The predicted octanol–water partition coefficient (Wildman–Crippen LogP) is 0.987. The van der Waals surface area contributed by atoms with Crippen LogP contribution in [0, 0.1) is 17.7 Å². The molecule has 2 unspecified atom stereocenters. The second-order valence-corrected chi connectivity index (χ2v) is 9.21. The summed E-state index contributed by atoms with van der Waals surface area (Å²) in [5.41, 5.74) is 1.50. The van der Waals surface area contributed by atoms with E-state index in [2.05, 4.69) is 5.32 Å². The Hall–Kier alpha value is -3.24.